The fourth-order valence-electron chi connectivity index (χ4n) is 5.23. The van der Waals surface area contributed by atoms with E-state index in [1.165, 1.54) is 0 Å². The predicted octanol–water partition coefficient (Wildman–Crippen LogP) is 3.27. The molecule has 32 heavy (non-hydrogen) atoms. The van der Waals surface area contributed by atoms with Gasteiger partial charge in [-0.05, 0) is 50.1 Å². The van der Waals surface area contributed by atoms with Crippen LogP contribution in [0.25, 0.3) is 0 Å². The lowest BCUT2D eigenvalue weighted by Crippen LogP contribution is -2.39. The highest BCUT2D eigenvalue weighted by molar-refractivity contribution is 5.86. The fraction of sp³-hybridized carbons (Fsp3) is 0.440. The lowest BCUT2D eigenvalue weighted by Gasteiger charge is -2.28. The van der Waals surface area contributed by atoms with Gasteiger partial charge in [0.05, 0.1) is 23.1 Å². The molecule has 2 saturated heterocycles. The molecule has 2 aliphatic rings. The van der Waals surface area contributed by atoms with Gasteiger partial charge in [-0.2, -0.15) is 0 Å². The van der Waals surface area contributed by atoms with Crippen LogP contribution in [-0.4, -0.2) is 54.9 Å². The number of likely N-dealkylation sites (tertiary alicyclic amines) is 2. The van der Waals surface area contributed by atoms with Gasteiger partial charge in [0.25, 0.3) is 0 Å². The standard InChI is InChI=1S/C25H30N6O/c1-19(2)31-16-23(28-18-31)22-15-29(14-21-5-3-4-9-27-21)17-25(22)8-12-30(24(25)32)13-20-6-10-26-11-7-20/h3-7,9-11,16,18-19,22H,8,12-15,17H2,1-2H3/t22-,25-/m1/s1. The summed E-state index contributed by atoms with van der Waals surface area (Å²) in [5.74, 6) is 0.336. The maximum Gasteiger partial charge on any atom is 0.231 e. The van der Waals surface area contributed by atoms with Crippen LogP contribution in [0.3, 0.4) is 0 Å². The van der Waals surface area contributed by atoms with Gasteiger partial charge in [0, 0.05) is 69.5 Å². The molecule has 2 aliphatic heterocycles. The second-order valence-electron chi connectivity index (χ2n) is 9.37. The number of hydrogen-bond acceptors (Lipinski definition) is 5. The third kappa shape index (κ3) is 3.81. The quantitative estimate of drug-likeness (QED) is 0.600. The molecule has 5 rings (SSSR count). The molecule has 1 amide bonds. The molecule has 7 heteroatoms. The van der Waals surface area contributed by atoms with E-state index in [0.29, 0.717) is 12.6 Å². The largest absolute Gasteiger partial charge is 0.338 e. The van der Waals surface area contributed by atoms with Crippen molar-refractivity contribution in [1.29, 1.82) is 0 Å². The van der Waals surface area contributed by atoms with Crippen LogP contribution in [0.5, 0.6) is 0 Å². The zero-order chi connectivity index (χ0) is 22.1. The summed E-state index contributed by atoms with van der Waals surface area (Å²) in [6.45, 7) is 8.04. The summed E-state index contributed by atoms with van der Waals surface area (Å²) >= 11 is 0. The highest BCUT2D eigenvalue weighted by atomic mass is 16.2. The highest BCUT2D eigenvalue weighted by Crippen LogP contribution is 2.50. The second-order valence-corrected chi connectivity index (χ2v) is 9.37. The molecule has 0 saturated carbocycles. The van der Waals surface area contributed by atoms with E-state index in [1.54, 1.807) is 12.4 Å². The van der Waals surface area contributed by atoms with E-state index in [1.807, 2.05) is 41.7 Å². The van der Waals surface area contributed by atoms with Crippen LogP contribution >= 0.6 is 0 Å². The smallest absolute Gasteiger partial charge is 0.231 e. The van der Waals surface area contributed by atoms with Crippen molar-refractivity contribution in [3.63, 3.8) is 0 Å². The Labute approximate surface area is 189 Å². The molecule has 166 valence electrons. The van der Waals surface area contributed by atoms with Crippen molar-refractivity contribution in [1.82, 2.24) is 29.3 Å². The number of nitrogens with zero attached hydrogens (tertiary/aromatic N) is 6. The first-order valence-electron chi connectivity index (χ1n) is 11.4. The predicted molar refractivity (Wildman–Crippen MR) is 122 cm³/mol. The fourth-order valence-corrected chi connectivity index (χ4v) is 5.23. The van der Waals surface area contributed by atoms with Crippen LogP contribution in [-0.2, 0) is 17.9 Å². The van der Waals surface area contributed by atoms with E-state index in [9.17, 15) is 4.79 Å². The van der Waals surface area contributed by atoms with Gasteiger partial charge in [-0.25, -0.2) is 4.98 Å². The Kier molecular flexibility index (Phi) is 5.51. The number of amides is 1. The minimum absolute atomic E-state index is 0.0844. The second kappa shape index (κ2) is 8.47. The van der Waals surface area contributed by atoms with Gasteiger partial charge in [0.2, 0.25) is 5.91 Å². The van der Waals surface area contributed by atoms with Crippen LogP contribution in [0.1, 0.15) is 49.2 Å². The van der Waals surface area contributed by atoms with E-state index >= 15 is 0 Å². The number of carbonyl (C=O) groups is 1. The molecule has 2 fully saturated rings. The molecule has 0 unspecified atom stereocenters. The highest BCUT2D eigenvalue weighted by Gasteiger charge is 2.57. The van der Waals surface area contributed by atoms with Crippen molar-refractivity contribution in [2.75, 3.05) is 19.6 Å². The third-order valence-corrected chi connectivity index (χ3v) is 6.96. The molecule has 0 radical (unpaired) electrons. The maximum absolute atomic E-state index is 13.9. The molecule has 0 aliphatic carbocycles. The Morgan fingerprint density at radius 1 is 1.09 bits per heavy atom. The van der Waals surface area contributed by atoms with Crippen LogP contribution in [0.15, 0.2) is 61.4 Å². The van der Waals surface area contributed by atoms with Crippen molar-refractivity contribution >= 4 is 5.91 Å². The van der Waals surface area contributed by atoms with Gasteiger partial charge in [0.1, 0.15) is 0 Å². The van der Waals surface area contributed by atoms with Crippen LogP contribution in [0, 0.1) is 5.41 Å². The topological polar surface area (TPSA) is 67.2 Å². The molecule has 2 atom stereocenters. The molecular weight excluding hydrogens is 400 g/mol. The van der Waals surface area contributed by atoms with Crippen molar-refractivity contribution in [3.8, 4) is 0 Å². The average Bonchev–Trinajstić information content (AvgIpc) is 3.50. The zero-order valence-corrected chi connectivity index (χ0v) is 18.8. The van der Waals surface area contributed by atoms with Crippen molar-refractivity contribution in [2.45, 2.75) is 45.3 Å². The van der Waals surface area contributed by atoms with Gasteiger partial charge < -0.3 is 9.47 Å². The molecule has 0 aromatic carbocycles. The SMILES string of the molecule is CC(C)n1cnc([C@H]2CN(Cc3ccccn3)C[C@]23CCN(Cc2ccncc2)C3=O)c1. The number of pyridine rings is 2. The van der Waals surface area contributed by atoms with E-state index in [0.717, 1.165) is 49.6 Å². The molecule has 5 heterocycles. The summed E-state index contributed by atoms with van der Waals surface area (Å²) in [4.78, 5) is 31.7. The molecule has 3 aromatic heterocycles. The van der Waals surface area contributed by atoms with Gasteiger partial charge in [-0.1, -0.05) is 6.07 Å². The summed E-state index contributed by atoms with van der Waals surface area (Å²) < 4.78 is 2.14. The van der Waals surface area contributed by atoms with Crippen LogP contribution < -0.4 is 0 Å². The Hall–Kier alpha value is -3.06. The lowest BCUT2D eigenvalue weighted by atomic mass is 9.75. The normalized spacial score (nSPS) is 23.7. The maximum atomic E-state index is 13.9. The van der Waals surface area contributed by atoms with Crippen molar-refractivity contribution in [2.24, 2.45) is 5.41 Å². The summed E-state index contributed by atoms with van der Waals surface area (Å²) in [5, 5.41) is 0. The van der Waals surface area contributed by atoms with Crippen molar-refractivity contribution in [3.05, 3.63) is 78.4 Å². The number of carbonyl (C=O) groups excluding carboxylic acids is 1. The summed E-state index contributed by atoms with van der Waals surface area (Å²) in [7, 11) is 0. The zero-order valence-electron chi connectivity index (χ0n) is 18.8. The summed E-state index contributed by atoms with van der Waals surface area (Å²) in [6.07, 6.45) is 10.3. The Bertz CT molecular complexity index is 1070. The minimum Gasteiger partial charge on any atom is -0.338 e. The first-order valence-corrected chi connectivity index (χ1v) is 11.4. The van der Waals surface area contributed by atoms with Crippen LogP contribution in [0.4, 0.5) is 0 Å². The van der Waals surface area contributed by atoms with Crippen LogP contribution in [0.2, 0.25) is 0 Å². The van der Waals surface area contributed by atoms with Gasteiger partial charge in [-0.3, -0.25) is 19.7 Å². The van der Waals surface area contributed by atoms with E-state index < -0.39 is 5.41 Å². The molecule has 0 N–H and O–H groups in total. The first-order chi connectivity index (χ1) is 15.5. The minimum atomic E-state index is -0.433. The molecule has 7 nitrogen and oxygen atoms in total. The number of rotatable bonds is 6. The lowest BCUT2D eigenvalue weighted by molar-refractivity contribution is -0.136. The average molecular weight is 431 g/mol. The molecule has 0 bridgehead atoms. The third-order valence-electron chi connectivity index (χ3n) is 6.96. The van der Waals surface area contributed by atoms with Gasteiger partial charge >= 0.3 is 0 Å². The molecular formula is C25H30N6O. The first kappa shape index (κ1) is 20.8. The Morgan fingerprint density at radius 2 is 1.94 bits per heavy atom. The van der Waals surface area contributed by atoms with E-state index in [4.69, 9.17) is 4.98 Å². The van der Waals surface area contributed by atoms with E-state index in [-0.39, 0.29) is 11.8 Å². The Morgan fingerprint density at radius 3 is 2.66 bits per heavy atom. The number of hydrogen-bond donors (Lipinski definition) is 0. The number of imidazole rings is 1. The Balaban J connectivity index is 1.43. The van der Waals surface area contributed by atoms with Gasteiger partial charge in [0.15, 0.2) is 0 Å². The monoisotopic (exact) mass is 430 g/mol. The molecule has 1 spiro atoms. The summed E-state index contributed by atoms with van der Waals surface area (Å²) in [6, 6.07) is 10.3. The van der Waals surface area contributed by atoms with Gasteiger partial charge in [-0.15, -0.1) is 0 Å². The number of aromatic nitrogens is 4. The van der Waals surface area contributed by atoms with Crippen molar-refractivity contribution < 1.29 is 4.79 Å². The summed E-state index contributed by atoms with van der Waals surface area (Å²) in [5.41, 5.74) is 2.75. The van der Waals surface area contributed by atoms with E-state index in [2.05, 4.69) is 45.5 Å². The molecule has 3 aromatic rings.